The van der Waals surface area contributed by atoms with Gasteiger partial charge in [-0.05, 0) is 80.2 Å². The van der Waals surface area contributed by atoms with Crippen molar-refractivity contribution in [2.75, 3.05) is 4.90 Å². The van der Waals surface area contributed by atoms with Crippen LogP contribution in [0, 0.1) is 0 Å². The molecular weight excluding hydrogens is 470 g/mol. The van der Waals surface area contributed by atoms with Crippen LogP contribution < -0.4 is 4.90 Å². The molecule has 1 nitrogen and oxygen atoms in total. The number of hydrogen-bond acceptors (Lipinski definition) is 1. The van der Waals surface area contributed by atoms with Gasteiger partial charge in [-0.3, -0.25) is 0 Å². The van der Waals surface area contributed by atoms with Gasteiger partial charge >= 0.3 is 0 Å². The van der Waals surface area contributed by atoms with Crippen LogP contribution >= 0.6 is 0 Å². The van der Waals surface area contributed by atoms with E-state index in [0.29, 0.717) is 0 Å². The summed E-state index contributed by atoms with van der Waals surface area (Å²) in [6, 6.07) is 58.7. The summed E-state index contributed by atoms with van der Waals surface area (Å²) < 4.78 is 0. The van der Waals surface area contributed by atoms with Gasteiger partial charge in [-0.1, -0.05) is 127 Å². The predicted octanol–water partition coefficient (Wildman–Crippen LogP) is 10.8. The molecule has 0 radical (unpaired) electrons. The number of fused-ring (bicyclic) bond motifs is 3. The summed E-state index contributed by atoms with van der Waals surface area (Å²) in [6.45, 7) is 0. The first-order chi connectivity index (χ1) is 19.3. The Hall–Kier alpha value is -5.14. The molecule has 0 aromatic heterocycles. The zero-order valence-corrected chi connectivity index (χ0v) is 21.5. The van der Waals surface area contributed by atoms with Crippen LogP contribution in [0.2, 0.25) is 0 Å². The van der Waals surface area contributed by atoms with Gasteiger partial charge in [0.2, 0.25) is 0 Å². The van der Waals surface area contributed by atoms with Gasteiger partial charge in [0.25, 0.3) is 0 Å². The monoisotopic (exact) mass is 497 g/mol. The SMILES string of the molecule is c1ccc(-c2ccc(N(c3ccc(-c4ccccc4)cc3)c3ccc4ccc5ccccc5c4c3)cc2)cc1. The van der Waals surface area contributed by atoms with Crippen molar-refractivity contribution in [1.82, 2.24) is 0 Å². The van der Waals surface area contributed by atoms with E-state index >= 15 is 0 Å². The molecule has 0 amide bonds. The van der Waals surface area contributed by atoms with E-state index in [1.807, 2.05) is 0 Å². The van der Waals surface area contributed by atoms with Crippen LogP contribution in [0.4, 0.5) is 17.1 Å². The summed E-state index contributed by atoms with van der Waals surface area (Å²) in [6.07, 6.45) is 0. The quantitative estimate of drug-likeness (QED) is 0.214. The third-order valence-corrected chi connectivity index (χ3v) is 7.45. The highest BCUT2D eigenvalue weighted by Crippen LogP contribution is 2.39. The number of hydrogen-bond donors (Lipinski definition) is 0. The molecule has 0 aliphatic carbocycles. The first-order valence-electron chi connectivity index (χ1n) is 13.4. The van der Waals surface area contributed by atoms with E-state index in [2.05, 4.69) is 169 Å². The molecule has 184 valence electrons. The largest absolute Gasteiger partial charge is 0.310 e. The maximum Gasteiger partial charge on any atom is 0.0468 e. The van der Waals surface area contributed by atoms with Gasteiger partial charge in [0.15, 0.2) is 0 Å². The highest BCUT2D eigenvalue weighted by atomic mass is 15.1. The second kappa shape index (κ2) is 9.96. The average molecular weight is 498 g/mol. The minimum absolute atomic E-state index is 1.13. The Morgan fingerprint density at radius 2 is 0.692 bits per heavy atom. The summed E-state index contributed by atoms with van der Waals surface area (Å²) in [7, 11) is 0. The fraction of sp³-hybridized carbons (Fsp3) is 0. The molecule has 1 heteroatoms. The van der Waals surface area contributed by atoms with E-state index in [4.69, 9.17) is 0 Å². The van der Waals surface area contributed by atoms with Gasteiger partial charge in [0.1, 0.15) is 0 Å². The van der Waals surface area contributed by atoms with Crippen molar-refractivity contribution >= 4 is 38.6 Å². The van der Waals surface area contributed by atoms with E-state index in [1.165, 1.54) is 43.8 Å². The lowest BCUT2D eigenvalue weighted by atomic mass is 10.0. The molecule has 0 aliphatic heterocycles. The smallest absolute Gasteiger partial charge is 0.0468 e. The summed E-state index contributed by atoms with van der Waals surface area (Å²) in [5.41, 5.74) is 8.26. The Balaban J connectivity index is 1.36. The maximum absolute atomic E-state index is 2.35. The van der Waals surface area contributed by atoms with Crippen molar-refractivity contribution in [2.24, 2.45) is 0 Å². The summed E-state index contributed by atoms with van der Waals surface area (Å²) >= 11 is 0. The number of rotatable bonds is 5. The lowest BCUT2D eigenvalue weighted by Crippen LogP contribution is -2.09. The molecule has 0 bridgehead atoms. The lowest BCUT2D eigenvalue weighted by molar-refractivity contribution is 1.29. The Bertz CT molecular complexity index is 1790. The third-order valence-electron chi connectivity index (χ3n) is 7.45. The minimum Gasteiger partial charge on any atom is -0.310 e. The molecule has 0 spiro atoms. The second-order valence-electron chi connectivity index (χ2n) is 9.85. The molecule has 0 saturated heterocycles. The molecule has 7 aromatic carbocycles. The fourth-order valence-corrected chi connectivity index (χ4v) is 5.44. The van der Waals surface area contributed by atoms with E-state index in [-0.39, 0.29) is 0 Å². The van der Waals surface area contributed by atoms with Gasteiger partial charge in [-0.25, -0.2) is 0 Å². The normalized spacial score (nSPS) is 11.1. The summed E-state index contributed by atoms with van der Waals surface area (Å²) in [5.74, 6) is 0. The zero-order valence-electron chi connectivity index (χ0n) is 21.5. The predicted molar refractivity (Wildman–Crippen MR) is 167 cm³/mol. The first-order valence-corrected chi connectivity index (χ1v) is 13.4. The topological polar surface area (TPSA) is 3.24 Å². The molecule has 0 saturated carbocycles. The van der Waals surface area contributed by atoms with Gasteiger partial charge in [0, 0.05) is 17.1 Å². The van der Waals surface area contributed by atoms with E-state index < -0.39 is 0 Å². The molecule has 39 heavy (non-hydrogen) atoms. The van der Waals surface area contributed by atoms with Crippen molar-refractivity contribution in [1.29, 1.82) is 0 Å². The lowest BCUT2D eigenvalue weighted by Gasteiger charge is -2.26. The fourth-order valence-electron chi connectivity index (χ4n) is 5.44. The van der Waals surface area contributed by atoms with Gasteiger partial charge < -0.3 is 4.90 Å². The second-order valence-corrected chi connectivity index (χ2v) is 9.85. The van der Waals surface area contributed by atoms with E-state index in [0.717, 1.165) is 17.1 Å². The first kappa shape index (κ1) is 23.0. The van der Waals surface area contributed by atoms with Crippen molar-refractivity contribution < 1.29 is 0 Å². The summed E-state index contributed by atoms with van der Waals surface area (Å²) in [4.78, 5) is 2.35. The molecular formula is C38H27N. The highest BCUT2D eigenvalue weighted by molar-refractivity contribution is 6.09. The van der Waals surface area contributed by atoms with Crippen LogP contribution in [-0.4, -0.2) is 0 Å². The van der Waals surface area contributed by atoms with Crippen LogP contribution in [0.5, 0.6) is 0 Å². The zero-order chi connectivity index (χ0) is 26.0. The Kier molecular flexibility index (Phi) is 5.88. The van der Waals surface area contributed by atoms with Crippen molar-refractivity contribution in [3.8, 4) is 22.3 Å². The van der Waals surface area contributed by atoms with Gasteiger partial charge in [-0.2, -0.15) is 0 Å². The average Bonchev–Trinajstić information content (AvgIpc) is 3.03. The standard InChI is InChI=1S/C38H27N/c1-3-9-28(10-4-1)30-17-22-34(23-18-30)39(35-24-19-31(20-25-35)29-11-5-2-6-12-29)36-26-21-33-16-15-32-13-7-8-14-37(32)38(33)27-36/h1-27H. The summed E-state index contributed by atoms with van der Waals surface area (Å²) in [5, 5.41) is 5.04. The highest BCUT2D eigenvalue weighted by Gasteiger charge is 2.14. The van der Waals surface area contributed by atoms with Crippen LogP contribution in [0.1, 0.15) is 0 Å². The van der Waals surface area contributed by atoms with Crippen LogP contribution in [0.25, 0.3) is 43.8 Å². The molecule has 7 aromatic rings. The number of nitrogens with zero attached hydrogens (tertiary/aromatic N) is 1. The Morgan fingerprint density at radius 1 is 0.282 bits per heavy atom. The van der Waals surface area contributed by atoms with E-state index in [1.54, 1.807) is 0 Å². The molecule has 0 fully saturated rings. The number of anilines is 3. The van der Waals surface area contributed by atoms with Crippen molar-refractivity contribution in [3.05, 3.63) is 164 Å². The molecule has 7 rings (SSSR count). The minimum atomic E-state index is 1.13. The molecule has 0 atom stereocenters. The van der Waals surface area contributed by atoms with Crippen molar-refractivity contribution in [3.63, 3.8) is 0 Å². The number of benzene rings is 7. The van der Waals surface area contributed by atoms with Crippen LogP contribution in [0.15, 0.2) is 164 Å². The Morgan fingerprint density at radius 3 is 1.26 bits per heavy atom. The molecule has 0 N–H and O–H groups in total. The molecule has 0 unspecified atom stereocenters. The van der Waals surface area contributed by atoms with Crippen LogP contribution in [-0.2, 0) is 0 Å². The van der Waals surface area contributed by atoms with Crippen LogP contribution in [0.3, 0.4) is 0 Å². The molecule has 0 aliphatic rings. The van der Waals surface area contributed by atoms with Crippen molar-refractivity contribution in [2.45, 2.75) is 0 Å². The molecule has 0 heterocycles. The third kappa shape index (κ3) is 4.45. The Labute approximate surface area is 229 Å². The maximum atomic E-state index is 2.35. The van der Waals surface area contributed by atoms with E-state index in [9.17, 15) is 0 Å². The van der Waals surface area contributed by atoms with Gasteiger partial charge in [0.05, 0.1) is 0 Å². The van der Waals surface area contributed by atoms with Gasteiger partial charge in [-0.15, -0.1) is 0 Å².